The third-order valence-corrected chi connectivity index (χ3v) is 7.83. The Hall–Kier alpha value is -3.82. The van der Waals surface area contributed by atoms with Crippen molar-refractivity contribution in [3.63, 3.8) is 0 Å². The molecule has 39 heavy (non-hydrogen) atoms. The molecular weight excluding hydrogens is 488 g/mol. The molecule has 2 aliphatic rings. The Bertz CT molecular complexity index is 1380. The van der Waals surface area contributed by atoms with Crippen molar-refractivity contribution < 1.29 is 4.79 Å². The maximum Gasteiger partial charge on any atom is 0.251 e. The summed E-state index contributed by atoms with van der Waals surface area (Å²) in [5.41, 5.74) is 4.06. The molecular formula is C30H36N8O. The Labute approximate surface area is 229 Å². The van der Waals surface area contributed by atoms with Gasteiger partial charge in [-0.15, -0.1) is 0 Å². The number of hydrogen-bond donors (Lipinski definition) is 2. The minimum Gasteiger partial charge on any atom is -0.355 e. The number of aryl methyl sites for hydroxylation is 1. The number of amides is 1. The fraction of sp³-hybridized carbons (Fsp3) is 0.400. The van der Waals surface area contributed by atoms with Crippen LogP contribution in [0, 0.1) is 0 Å². The first-order chi connectivity index (χ1) is 19.2. The molecule has 2 fully saturated rings. The topological polar surface area (TPSA) is 91.2 Å². The van der Waals surface area contributed by atoms with Crippen LogP contribution in [0.15, 0.2) is 67.3 Å². The van der Waals surface area contributed by atoms with E-state index in [9.17, 15) is 4.79 Å². The number of imidazole rings is 1. The number of nitrogens with one attached hydrogen (secondary N) is 2. The zero-order chi connectivity index (χ0) is 26.4. The molecule has 0 atom stereocenters. The summed E-state index contributed by atoms with van der Waals surface area (Å²) in [6.07, 6.45) is 8.58. The summed E-state index contributed by atoms with van der Waals surface area (Å²) >= 11 is 0. The predicted octanol–water partition coefficient (Wildman–Crippen LogP) is 3.19. The van der Waals surface area contributed by atoms with Crippen LogP contribution in [0.2, 0.25) is 0 Å². The van der Waals surface area contributed by atoms with Crippen molar-refractivity contribution in [2.75, 3.05) is 50.7 Å². The fourth-order valence-corrected chi connectivity index (χ4v) is 5.67. The zero-order valence-electron chi connectivity index (χ0n) is 22.3. The van der Waals surface area contributed by atoms with Crippen LogP contribution in [-0.4, -0.2) is 82.2 Å². The van der Waals surface area contributed by atoms with E-state index in [2.05, 4.69) is 37.6 Å². The van der Waals surface area contributed by atoms with E-state index >= 15 is 0 Å². The van der Waals surface area contributed by atoms with Gasteiger partial charge in [0.25, 0.3) is 5.91 Å². The largest absolute Gasteiger partial charge is 0.355 e. The van der Waals surface area contributed by atoms with Crippen molar-refractivity contribution >= 4 is 22.8 Å². The van der Waals surface area contributed by atoms with Crippen molar-refractivity contribution in [2.24, 2.45) is 0 Å². The average Bonchev–Trinajstić information content (AvgIpc) is 3.53. The SMILES string of the molecule is O=C(NCCCn1ccnc1)c1ccc2nc(N3CCC(N4CCNCC4)CC3)c(-c3ccccc3)nc2c1. The number of benzene rings is 2. The van der Waals surface area contributed by atoms with Gasteiger partial charge in [0.15, 0.2) is 5.82 Å². The van der Waals surface area contributed by atoms with Gasteiger partial charge in [-0.1, -0.05) is 30.3 Å². The van der Waals surface area contributed by atoms with Crippen molar-refractivity contribution in [1.29, 1.82) is 0 Å². The molecule has 4 heterocycles. The number of hydrogen-bond acceptors (Lipinski definition) is 7. The normalized spacial score (nSPS) is 17.0. The summed E-state index contributed by atoms with van der Waals surface area (Å²) in [6.45, 7) is 7.78. The van der Waals surface area contributed by atoms with Crippen molar-refractivity contribution in [1.82, 2.24) is 35.1 Å². The number of carbonyl (C=O) groups is 1. The molecule has 2 aliphatic heterocycles. The van der Waals surface area contributed by atoms with Crippen LogP contribution in [0.1, 0.15) is 29.6 Å². The standard InChI is InChI=1S/C30H36N8O/c39-30(33-11-4-15-36-18-12-32-22-36)24-7-8-26-27(21-24)34-28(23-5-2-1-3-6-23)29(35-26)38-16-9-25(10-17-38)37-19-13-31-14-20-37/h1-3,5-8,12,18,21-22,25,31H,4,9-11,13-17,19-20H2,(H,33,39). The van der Waals surface area contributed by atoms with Crippen LogP contribution < -0.4 is 15.5 Å². The molecule has 0 saturated carbocycles. The minimum atomic E-state index is -0.0929. The molecule has 0 spiro atoms. The number of rotatable bonds is 8. The fourth-order valence-electron chi connectivity index (χ4n) is 5.67. The summed E-state index contributed by atoms with van der Waals surface area (Å²) in [6, 6.07) is 16.5. The second-order valence-electron chi connectivity index (χ2n) is 10.4. The Morgan fingerprint density at radius 3 is 2.56 bits per heavy atom. The molecule has 2 N–H and O–H groups in total. The molecule has 0 aliphatic carbocycles. The van der Waals surface area contributed by atoms with E-state index in [0.717, 1.165) is 93.2 Å². The summed E-state index contributed by atoms with van der Waals surface area (Å²) in [5, 5.41) is 6.49. The van der Waals surface area contributed by atoms with Crippen LogP contribution in [0.4, 0.5) is 5.82 Å². The molecule has 0 radical (unpaired) electrons. The molecule has 1 amide bonds. The van der Waals surface area contributed by atoms with Gasteiger partial charge in [-0.25, -0.2) is 15.0 Å². The lowest BCUT2D eigenvalue weighted by molar-refractivity contribution is 0.0953. The molecule has 4 aromatic rings. The molecule has 6 rings (SSSR count). The number of fused-ring (bicyclic) bond motifs is 1. The quantitative estimate of drug-likeness (QED) is 0.342. The van der Waals surface area contributed by atoms with Gasteiger partial charge in [0, 0.05) is 81.9 Å². The lowest BCUT2D eigenvalue weighted by atomic mass is 10.0. The van der Waals surface area contributed by atoms with Gasteiger partial charge in [0.05, 0.1) is 17.4 Å². The average molecular weight is 525 g/mol. The van der Waals surface area contributed by atoms with Crippen molar-refractivity contribution in [2.45, 2.75) is 31.8 Å². The number of piperazine rings is 1. The molecule has 2 saturated heterocycles. The number of carbonyl (C=O) groups excluding carboxylic acids is 1. The van der Waals surface area contributed by atoms with Crippen LogP contribution in [0.3, 0.4) is 0 Å². The van der Waals surface area contributed by atoms with E-state index in [1.54, 1.807) is 12.5 Å². The van der Waals surface area contributed by atoms with Crippen molar-refractivity contribution in [3.05, 3.63) is 72.8 Å². The Balaban J connectivity index is 1.20. The third-order valence-electron chi connectivity index (χ3n) is 7.83. The first-order valence-corrected chi connectivity index (χ1v) is 14.1. The summed E-state index contributed by atoms with van der Waals surface area (Å²) < 4.78 is 2.01. The van der Waals surface area contributed by atoms with Gasteiger partial charge in [-0.2, -0.15) is 0 Å². The monoisotopic (exact) mass is 524 g/mol. The molecule has 2 aromatic heterocycles. The van der Waals surface area contributed by atoms with Crippen LogP contribution in [-0.2, 0) is 6.54 Å². The van der Waals surface area contributed by atoms with Gasteiger partial charge in [0.1, 0.15) is 5.69 Å². The molecule has 0 bridgehead atoms. The lowest BCUT2D eigenvalue weighted by Gasteiger charge is -2.41. The highest BCUT2D eigenvalue weighted by Gasteiger charge is 2.28. The second-order valence-corrected chi connectivity index (χ2v) is 10.4. The highest BCUT2D eigenvalue weighted by molar-refractivity contribution is 5.97. The highest BCUT2D eigenvalue weighted by Crippen LogP contribution is 2.32. The Kier molecular flexibility index (Phi) is 7.78. The lowest BCUT2D eigenvalue weighted by Crippen LogP contribution is -2.52. The van der Waals surface area contributed by atoms with E-state index < -0.39 is 0 Å². The number of anilines is 1. The summed E-state index contributed by atoms with van der Waals surface area (Å²) in [4.78, 5) is 32.2. The smallest absolute Gasteiger partial charge is 0.251 e. The van der Waals surface area contributed by atoms with Crippen LogP contribution in [0.25, 0.3) is 22.3 Å². The number of nitrogens with zero attached hydrogens (tertiary/aromatic N) is 6. The molecule has 0 unspecified atom stereocenters. The minimum absolute atomic E-state index is 0.0929. The third kappa shape index (κ3) is 5.94. The second kappa shape index (κ2) is 11.9. The number of piperidine rings is 1. The van der Waals surface area contributed by atoms with Gasteiger partial charge in [-0.3, -0.25) is 9.69 Å². The first-order valence-electron chi connectivity index (χ1n) is 14.1. The van der Waals surface area contributed by atoms with Gasteiger partial charge >= 0.3 is 0 Å². The zero-order valence-corrected chi connectivity index (χ0v) is 22.3. The van der Waals surface area contributed by atoms with Crippen molar-refractivity contribution in [3.8, 4) is 11.3 Å². The van der Waals surface area contributed by atoms with Gasteiger partial charge in [0.2, 0.25) is 0 Å². The van der Waals surface area contributed by atoms with Gasteiger partial charge in [-0.05, 0) is 37.5 Å². The van der Waals surface area contributed by atoms with E-state index in [4.69, 9.17) is 9.97 Å². The maximum atomic E-state index is 12.9. The first kappa shape index (κ1) is 25.5. The molecule has 202 valence electrons. The Morgan fingerprint density at radius 1 is 0.974 bits per heavy atom. The summed E-state index contributed by atoms with van der Waals surface area (Å²) in [7, 11) is 0. The summed E-state index contributed by atoms with van der Waals surface area (Å²) in [5.74, 6) is 0.841. The van der Waals surface area contributed by atoms with E-state index in [0.29, 0.717) is 18.2 Å². The predicted molar refractivity (Wildman–Crippen MR) is 154 cm³/mol. The highest BCUT2D eigenvalue weighted by atomic mass is 16.1. The molecule has 9 nitrogen and oxygen atoms in total. The van der Waals surface area contributed by atoms with E-state index in [1.165, 1.54) is 0 Å². The molecule has 9 heteroatoms. The van der Waals surface area contributed by atoms with Crippen LogP contribution >= 0.6 is 0 Å². The number of aromatic nitrogens is 4. The Morgan fingerprint density at radius 2 is 1.79 bits per heavy atom. The van der Waals surface area contributed by atoms with E-state index in [-0.39, 0.29) is 5.91 Å². The van der Waals surface area contributed by atoms with Crippen LogP contribution in [0.5, 0.6) is 0 Å². The molecule has 2 aromatic carbocycles. The van der Waals surface area contributed by atoms with Gasteiger partial charge < -0.3 is 20.1 Å². The maximum absolute atomic E-state index is 12.9. The van der Waals surface area contributed by atoms with E-state index in [1.807, 2.05) is 47.2 Å².